The average Bonchev–Trinajstić information content (AvgIpc) is 2.14. The maximum Gasteiger partial charge on any atom is 0.151 e. The molecule has 0 saturated heterocycles. The van der Waals surface area contributed by atoms with Crippen LogP contribution in [-0.2, 0) is 0 Å². The topological polar surface area (TPSA) is 73.7 Å². The Morgan fingerprint density at radius 3 is 2.40 bits per heavy atom. The number of unbranched alkanes of at least 4 members (excludes halogenated alkanes) is 1. The first-order chi connectivity index (χ1) is 7.13. The van der Waals surface area contributed by atoms with Crippen LogP contribution in [0.4, 0.5) is 0 Å². The molecule has 0 aliphatic carbocycles. The van der Waals surface area contributed by atoms with E-state index in [1.54, 1.807) is 18.7 Å². The standard InChI is InChI=1S/C10H17N3S2/c1-9(11)14-7-5-3-2-4-6-8-15-10(12)13/h11H,3,5-8H2,1H3,(H3,12,13). The molecule has 0 unspecified atom stereocenters. The molecule has 0 aromatic carbocycles. The highest BCUT2D eigenvalue weighted by atomic mass is 32.2. The molecule has 0 aromatic rings. The third-order valence-electron chi connectivity index (χ3n) is 1.37. The minimum Gasteiger partial charge on any atom is -0.379 e. The molecule has 5 heteroatoms. The molecule has 0 atom stereocenters. The van der Waals surface area contributed by atoms with Gasteiger partial charge in [-0.25, -0.2) is 0 Å². The van der Waals surface area contributed by atoms with E-state index in [2.05, 4.69) is 11.8 Å². The zero-order valence-corrected chi connectivity index (χ0v) is 10.6. The highest BCUT2D eigenvalue weighted by Gasteiger charge is 1.89. The van der Waals surface area contributed by atoms with Gasteiger partial charge in [0.2, 0.25) is 0 Å². The summed E-state index contributed by atoms with van der Waals surface area (Å²) < 4.78 is 0. The number of nitrogens with one attached hydrogen (secondary N) is 2. The first-order valence-corrected chi connectivity index (χ1v) is 6.70. The van der Waals surface area contributed by atoms with E-state index in [9.17, 15) is 0 Å². The quantitative estimate of drug-likeness (QED) is 0.301. The Hall–Kier alpha value is -0.600. The lowest BCUT2D eigenvalue weighted by atomic mass is 10.3. The molecule has 0 aliphatic heterocycles. The molecule has 0 heterocycles. The fourth-order valence-corrected chi connectivity index (χ4v) is 1.79. The van der Waals surface area contributed by atoms with Crippen molar-refractivity contribution >= 4 is 33.7 Å². The van der Waals surface area contributed by atoms with Gasteiger partial charge < -0.3 is 5.73 Å². The van der Waals surface area contributed by atoms with Crippen molar-refractivity contribution in [1.29, 1.82) is 10.8 Å². The minimum atomic E-state index is 0.162. The number of hydrogen-bond donors (Lipinski definition) is 3. The van der Waals surface area contributed by atoms with E-state index in [0.29, 0.717) is 5.04 Å². The third-order valence-corrected chi connectivity index (χ3v) is 3.02. The zero-order valence-electron chi connectivity index (χ0n) is 8.93. The lowest BCUT2D eigenvalue weighted by Gasteiger charge is -1.94. The van der Waals surface area contributed by atoms with Gasteiger partial charge in [0.1, 0.15) is 0 Å². The summed E-state index contributed by atoms with van der Waals surface area (Å²) in [7, 11) is 0. The van der Waals surface area contributed by atoms with Gasteiger partial charge in [0.25, 0.3) is 0 Å². The molecule has 0 aliphatic rings. The number of hydrogen-bond acceptors (Lipinski definition) is 4. The highest BCUT2D eigenvalue weighted by Crippen LogP contribution is 2.05. The zero-order chi connectivity index (χ0) is 11.5. The molecule has 15 heavy (non-hydrogen) atoms. The van der Waals surface area contributed by atoms with E-state index < -0.39 is 0 Å². The van der Waals surface area contributed by atoms with Gasteiger partial charge in [0.05, 0.1) is 5.04 Å². The Morgan fingerprint density at radius 2 is 1.80 bits per heavy atom. The second-order valence-electron chi connectivity index (χ2n) is 2.82. The van der Waals surface area contributed by atoms with Crippen LogP contribution >= 0.6 is 23.5 Å². The summed E-state index contributed by atoms with van der Waals surface area (Å²) in [5.74, 6) is 7.90. The Morgan fingerprint density at radius 1 is 1.13 bits per heavy atom. The normalized spacial score (nSPS) is 9.13. The van der Waals surface area contributed by atoms with E-state index in [0.717, 1.165) is 30.8 Å². The monoisotopic (exact) mass is 243 g/mol. The van der Waals surface area contributed by atoms with E-state index in [-0.39, 0.29) is 5.17 Å². The lowest BCUT2D eigenvalue weighted by molar-refractivity contribution is 0.997. The molecule has 0 radical (unpaired) electrons. The minimum absolute atomic E-state index is 0.162. The van der Waals surface area contributed by atoms with Crippen molar-refractivity contribution in [3.8, 4) is 11.8 Å². The SMILES string of the molecule is CC(=N)SCCCC#CCCSC(=N)N. The maximum absolute atomic E-state index is 7.20. The van der Waals surface area contributed by atoms with Gasteiger partial charge in [0.15, 0.2) is 5.17 Å². The lowest BCUT2D eigenvalue weighted by Crippen LogP contribution is -2.03. The molecule has 4 N–H and O–H groups in total. The average molecular weight is 243 g/mol. The summed E-state index contributed by atoms with van der Waals surface area (Å²) in [5, 5.41) is 15.0. The predicted octanol–water partition coefficient (Wildman–Crippen LogP) is 2.52. The van der Waals surface area contributed by atoms with Crippen LogP contribution in [0.5, 0.6) is 0 Å². The van der Waals surface area contributed by atoms with E-state index in [1.165, 1.54) is 11.8 Å². The van der Waals surface area contributed by atoms with Crippen LogP contribution in [0.25, 0.3) is 0 Å². The maximum atomic E-state index is 7.20. The first kappa shape index (κ1) is 14.4. The van der Waals surface area contributed by atoms with Crippen molar-refractivity contribution in [3.63, 3.8) is 0 Å². The third kappa shape index (κ3) is 13.4. The van der Waals surface area contributed by atoms with E-state index in [1.807, 2.05) is 0 Å². The van der Waals surface area contributed by atoms with Crippen molar-refractivity contribution in [3.05, 3.63) is 0 Å². The van der Waals surface area contributed by atoms with Crippen molar-refractivity contribution in [1.82, 2.24) is 0 Å². The number of thioether (sulfide) groups is 2. The van der Waals surface area contributed by atoms with E-state index in [4.69, 9.17) is 16.6 Å². The smallest absolute Gasteiger partial charge is 0.151 e. The molecule has 0 spiro atoms. The molecule has 0 amide bonds. The molecule has 0 saturated carbocycles. The van der Waals surface area contributed by atoms with E-state index >= 15 is 0 Å². The number of amidine groups is 1. The summed E-state index contributed by atoms with van der Waals surface area (Å²) in [5.41, 5.74) is 5.18. The fourth-order valence-electron chi connectivity index (χ4n) is 0.775. The van der Waals surface area contributed by atoms with Crippen LogP contribution in [-0.4, -0.2) is 21.7 Å². The first-order valence-electron chi connectivity index (χ1n) is 4.73. The van der Waals surface area contributed by atoms with Gasteiger partial charge >= 0.3 is 0 Å². The largest absolute Gasteiger partial charge is 0.379 e. The number of nitrogens with two attached hydrogens (primary N) is 1. The summed E-state index contributed by atoms with van der Waals surface area (Å²) in [6.07, 6.45) is 2.72. The second kappa shape index (κ2) is 9.94. The van der Waals surface area contributed by atoms with Crippen molar-refractivity contribution in [2.75, 3.05) is 11.5 Å². The van der Waals surface area contributed by atoms with Crippen LogP contribution in [0, 0.1) is 22.7 Å². The van der Waals surface area contributed by atoms with Crippen LogP contribution < -0.4 is 5.73 Å². The molecule has 0 aromatic heterocycles. The molecule has 0 bridgehead atoms. The summed E-state index contributed by atoms with van der Waals surface area (Å²) in [4.78, 5) is 0. The van der Waals surface area contributed by atoms with Crippen LogP contribution in [0.3, 0.4) is 0 Å². The Kier molecular flexibility index (Phi) is 9.54. The van der Waals surface area contributed by atoms with Gasteiger partial charge in [-0.15, -0.1) is 23.6 Å². The molecular weight excluding hydrogens is 226 g/mol. The van der Waals surface area contributed by atoms with Gasteiger partial charge in [0, 0.05) is 24.3 Å². The predicted molar refractivity (Wildman–Crippen MR) is 71.9 cm³/mol. The Balaban J connectivity index is 3.24. The van der Waals surface area contributed by atoms with Gasteiger partial charge in [-0.1, -0.05) is 11.8 Å². The Labute approximate surface area is 100.0 Å². The Bertz CT molecular complexity index is 266. The fraction of sp³-hybridized carbons (Fsp3) is 0.600. The van der Waals surface area contributed by atoms with Gasteiger partial charge in [-0.2, -0.15) is 0 Å². The molecule has 3 nitrogen and oxygen atoms in total. The summed E-state index contributed by atoms with van der Waals surface area (Å²) in [6.45, 7) is 1.80. The van der Waals surface area contributed by atoms with Crippen molar-refractivity contribution in [2.45, 2.75) is 26.2 Å². The molecule has 0 rings (SSSR count). The highest BCUT2D eigenvalue weighted by molar-refractivity contribution is 8.13. The molecule has 84 valence electrons. The van der Waals surface area contributed by atoms with Crippen LogP contribution in [0.15, 0.2) is 0 Å². The summed E-state index contributed by atoms with van der Waals surface area (Å²) in [6, 6.07) is 0. The number of rotatable bonds is 5. The summed E-state index contributed by atoms with van der Waals surface area (Å²) >= 11 is 2.90. The van der Waals surface area contributed by atoms with Crippen LogP contribution in [0.1, 0.15) is 26.2 Å². The van der Waals surface area contributed by atoms with Crippen LogP contribution in [0.2, 0.25) is 0 Å². The second-order valence-corrected chi connectivity index (χ2v) is 5.27. The van der Waals surface area contributed by atoms with Gasteiger partial charge in [-0.3, -0.25) is 10.8 Å². The molecule has 0 fully saturated rings. The van der Waals surface area contributed by atoms with Crippen molar-refractivity contribution < 1.29 is 0 Å². The van der Waals surface area contributed by atoms with Gasteiger partial charge in [-0.05, 0) is 13.3 Å². The molecular formula is C10H17N3S2. The van der Waals surface area contributed by atoms with Crippen molar-refractivity contribution in [2.24, 2.45) is 5.73 Å².